The second-order valence-electron chi connectivity index (χ2n) is 7.20. The van der Waals surface area contributed by atoms with Gasteiger partial charge >= 0.3 is 6.18 Å². The van der Waals surface area contributed by atoms with Crippen LogP contribution in [-0.2, 0) is 21.0 Å². The van der Waals surface area contributed by atoms with E-state index in [-0.39, 0.29) is 23.7 Å². The zero-order chi connectivity index (χ0) is 22.1. The summed E-state index contributed by atoms with van der Waals surface area (Å²) in [6, 6.07) is 8.52. The Morgan fingerprint density at radius 1 is 1.13 bits per heavy atom. The number of benzene rings is 2. The van der Waals surface area contributed by atoms with Crippen LogP contribution in [0.4, 0.5) is 23.2 Å². The third-order valence-corrected chi connectivity index (χ3v) is 6.83. The van der Waals surface area contributed by atoms with Crippen molar-refractivity contribution in [1.82, 2.24) is 4.31 Å². The van der Waals surface area contributed by atoms with Gasteiger partial charge in [-0.15, -0.1) is 0 Å². The van der Waals surface area contributed by atoms with Gasteiger partial charge in [0.05, 0.1) is 16.4 Å². The Morgan fingerprint density at radius 2 is 1.80 bits per heavy atom. The molecule has 1 aliphatic rings. The molecule has 0 aromatic heterocycles. The van der Waals surface area contributed by atoms with E-state index in [9.17, 15) is 30.8 Å². The fraction of sp³-hybridized carbons (Fsp3) is 0.350. The van der Waals surface area contributed by atoms with Crippen molar-refractivity contribution in [2.24, 2.45) is 5.92 Å². The van der Waals surface area contributed by atoms with Crippen molar-refractivity contribution in [2.45, 2.75) is 30.8 Å². The normalized spacial score (nSPS) is 18.2. The number of nitrogens with zero attached hydrogens (tertiary/aromatic N) is 1. The Balaban J connectivity index is 1.74. The number of anilines is 1. The summed E-state index contributed by atoms with van der Waals surface area (Å²) in [5.41, 5.74) is -0.776. The third kappa shape index (κ3) is 4.81. The Labute approximate surface area is 171 Å². The highest BCUT2D eigenvalue weighted by Crippen LogP contribution is 2.33. The van der Waals surface area contributed by atoms with E-state index in [0.717, 1.165) is 11.6 Å². The van der Waals surface area contributed by atoms with Gasteiger partial charge in [0.1, 0.15) is 5.82 Å². The van der Waals surface area contributed by atoms with Crippen LogP contribution < -0.4 is 5.32 Å². The second kappa shape index (κ2) is 8.35. The number of piperidine rings is 1. The molecule has 0 radical (unpaired) electrons. The van der Waals surface area contributed by atoms with E-state index >= 15 is 0 Å². The highest BCUT2D eigenvalue weighted by molar-refractivity contribution is 7.89. The van der Waals surface area contributed by atoms with E-state index in [1.807, 2.05) is 6.92 Å². The van der Waals surface area contributed by atoms with E-state index in [2.05, 4.69) is 5.32 Å². The second-order valence-corrected chi connectivity index (χ2v) is 9.13. The highest BCUT2D eigenvalue weighted by atomic mass is 32.2. The Bertz CT molecular complexity index is 1040. The van der Waals surface area contributed by atoms with E-state index in [0.29, 0.717) is 25.0 Å². The summed E-state index contributed by atoms with van der Waals surface area (Å²) in [6.07, 6.45) is -4.08. The monoisotopic (exact) mass is 444 g/mol. The average molecular weight is 444 g/mol. The Hall–Kier alpha value is -2.46. The van der Waals surface area contributed by atoms with Crippen molar-refractivity contribution in [3.05, 3.63) is 59.4 Å². The van der Waals surface area contributed by atoms with Crippen molar-refractivity contribution in [3.8, 4) is 0 Å². The lowest BCUT2D eigenvalue weighted by Crippen LogP contribution is -2.43. The largest absolute Gasteiger partial charge is 0.419 e. The molecule has 0 spiro atoms. The van der Waals surface area contributed by atoms with Crippen molar-refractivity contribution in [1.29, 1.82) is 0 Å². The number of carbonyl (C=O) groups is 1. The molecule has 1 saturated heterocycles. The van der Waals surface area contributed by atoms with Crippen LogP contribution in [0.5, 0.6) is 0 Å². The number of nitrogens with one attached hydrogen (secondary N) is 1. The molecule has 1 fully saturated rings. The first-order chi connectivity index (χ1) is 14.0. The van der Waals surface area contributed by atoms with Gasteiger partial charge in [0.15, 0.2) is 0 Å². The first kappa shape index (κ1) is 22.2. The molecule has 5 nitrogen and oxygen atoms in total. The molecule has 1 N–H and O–H groups in total. The minimum atomic E-state index is -4.89. The number of hydrogen-bond acceptors (Lipinski definition) is 3. The summed E-state index contributed by atoms with van der Waals surface area (Å²) in [5, 5.41) is 2.34. The molecule has 2 aromatic carbocycles. The zero-order valence-electron chi connectivity index (χ0n) is 16.0. The van der Waals surface area contributed by atoms with Crippen LogP contribution in [0, 0.1) is 18.7 Å². The topological polar surface area (TPSA) is 66.5 Å². The first-order valence-electron chi connectivity index (χ1n) is 9.23. The molecule has 0 saturated carbocycles. The molecule has 0 aliphatic carbocycles. The van der Waals surface area contributed by atoms with Crippen molar-refractivity contribution < 1.29 is 30.8 Å². The summed E-state index contributed by atoms with van der Waals surface area (Å²) < 4.78 is 78.9. The number of aryl methyl sites for hydroxylation is 1. The van der Waals surface area contributed by atoms with Crippen LogP contribution in [0.3, 0.4) is 0 Å². The van der Waals surface area contributed by atoms with Crippen molar-refractivity contribution >= 4 is 21.6 Å². The molecule has 10 heteroatoms. The maximum absolute atomic E-state index is 13.4. The summed E-state index contributed by atoms with van der Waals surface area (Å²) in [6.45, 7) is 1.99. The third-order valence-electron chi connectivity index (χ3n) is 4.95. The SMILES string of the molecule is Cc1ccc(S(=O)(=O)N2CCC[C@H](C(=O)Nc3ccc(F)c(C(F)(F)F)c3)C2)cc1. The summed E-state index contributed by atoms with van der Waals surface area (Å²) >= 11 is 0. The summed E-state index contributed by atoms with van der Waals surface area (Å²) in [4.78, 5) is 12.7. The van der Waals surface area contributed by atoms with Crippen molar-refractivity contribution in [3.63, 3.8) is 0 Å². The van der Waals surface area contributed by atoms with Crippen LogP contribution in [-0.4, -0.2) is 31.7 Å². The molecule has 162 valence electrons. The van der Waals surface area contributed by atoms with Gasteiger partial charge in [-0.05, 0) is 50.1 Å². The number of amides is 1. The van der Waals surface area contributed by atoms with E-state index < -0.39 is 39.4 Å². The smallest absolute Gasteiger partial charge is 0.326 e. The van der Waals surface area contributed by atoms with Gasteiger partial charge in [0, 0.05) is 18.8 Å². The van der Waals surface area contributed by atoms with Crippen LogP contribution in [0.25, 0.3) is 0 Å². The van der Waals surface area contributed by atoms with Gasteiger partial charge in [-0.2, -0.15) is 17.5 Å². The van der Waals surface area contributed by atoms with Gasteiger partial charge in [-0.25, -0.2) is 12.8 Å². The molecule has 1 aliphatic heterocycles. The quantitative estimate of drug-likeness (QED) is 0.719. The van der Waals surface area contributed by atoms with Crippen molar-refractivity contribution in [2.75, 3.05) is 18.4 Å². The van der Waals surface area contributed by atoms with Crippen LogP contribution in [0.15, 0.2) is 47.4 Å². The van der Waals surface area contributed by atoms with E-state index in [1.165, 1.54) is 16.4 Å². The molecule has 30 heavy (non-hydrogen) atoms. The minimum absolute atomic E-state index is 0.0879. The standard InChI is InChI=1S/C20H20F4N2O3S/c1-13-4-7-16(8-5-13)30(28,29)26-10-2-3-14(12-26)19(27)25-15-6-9-18(21)17(11-15)20(22,23)24/h4-9,11,14H,2-3,10,12H2,1H3,(H,25,27)/t14-/m0/s1. The molecule has 3 rings (SSSR count). The first-order valence-corrected chi connectivity index (χ1v) is 10.7. The number of hydrogen-bond donors (Lipinski definition) is 1. The Morgan fingerprint density at radius 3 is 2.43 bits per heavy atom. The van der Waals surface area contributed by atoms with Gasteiger partial charge in [0.25, 0.3) is 0 Å². The van der Waals surface area contributed by atoms with Gasteiger partial charge in [0.2, 0.25) is 15.9 Å². The molecule has 1 heterocycles. The number of alkyl halides is 3. The molecule has 0 bridgehead atoms. The van der Waals surface area contributed by atoms with E-state index in [1.54, 1.807) is 12.1 Å². The molecule has 1 atom stereocenters. The van der Waals surface area contributed by atoms with Crippen LogP contribution >= 0.6 is 0 Å². The lowest BCUT2D eigenvalue weighted by molar-refractivity contribution is -0.140. The average Bonchev–Trinajstić information content (AvgIpc) is 2.69. The predicted octanol–water partition coefficient (Wildman–Crippen LogP) is 4.19. The fourth-order valence-electron chi connectivity index (χ4n) is 3.30. The van der Waals surface area contributed by atoms with Gasteiger partial charge < -0.3 is 5.32 Å². The minimum Gasteiger partial charge on any atom is -0.326 e. The molecular formula is C20H20F4N2O3S. The zero-order valence-corrected chi connectivity index (χ0v) is 16.9. The van der Waals surface area contributed by atoms with Crippen LogP contribution in [0.1, 0.15) is 24.0 Å². The van der Waals surface area contributed by atoms with Gasteiger partial charge in [-0.3, -0.25) is 4.79 Å². The number of halogens is 4. The number of sulfonamides is 1. The summed E-state index contributed by atoms with van der Waals surface area (Å²) in [7, 11) is -3.79. The molecular weight excluding hydrogens is 424 g/mol. The maximum Gasteiger partial charge on any atom is 0.419 e. The van der Waals surface area contributed by atoms with E-state index in [4.69, 9.17) is 0 Å². The Kier molecular flexibility index (Phi) is 6.19. The lowest BCUT2D eigenvalue weighted by atomic mass is 9.98. The number of carbonyl (C=O) groups excluding carboxylic acids is 1. The molecule has 2 aromatic rings. The molecule has 0 unspecified atom stereocenters. The highest BCUT2D eigenvalue weighted by Gasteiger charge is 2.36. The fourth-order valence-corrected chi connectivity index (χ4v) is 4.82. The van der Waals surface area contributed by atoms with Crippen LogP contribution in [0.2, 0.25) is 0 Å². The lowest BCUT2D eigenvalue weighted by Gasteiger charge is -2.31. The molecule has 1 amide bonds. The maximum atomic E-state index is 13.4. The van der Waals surface area contributed by atoms with Gasteiger partial charge in [-0.1, -0.05) is 17.7 Å². The predicted molar refractivity (Wildman–Crippen MR) is 103 cm³/mol. The summed E-state index contributed by atoms with van der Waals surface area (Å²) in [5.74, 6) is -2.79. The number of rotatable bonds is 4.